The first-order valence-corrected chi connectivity index (χ1v) is 11.7. The van der Waals surface area contributed by atoms with Gasteiger partial charge in [0.05, 0.1) is 5.02 Å². The Morgan fingerprint density at radius 3 is 2.62 bits per heavy atom. The number of nitrogens with one attached hydrogen (secondary N) is 2. The van der Waals surface area contributed by atoms with Gasteiger partial charge in [-0.05, 0) is 55.6 Å². The smallest absolute Gasteiger partial charge is 0.191 e. The average Bonchev–Trinajstić information content (AvgIpc) is 3.27. The van der Waals surface area contributed by atoms with Crippen molar-refractivity contribution >= 4 is 47.4 Å². The molecule has 1 aromatic carbocycles. The van der Waals surface area contributed by atoms with Crippen molar-refractivity contribution in [2.45, 2.75) is 44.8 Å². The van der Waals surface area contributed by atoms with Gasteiger partial charge in [-0.3, -0.25) is 9.89 Å². The summed E-state index contributed by atoms with van der Waals surface area (Å²) < 4.78 is 0. The summed E-state index contributed by atoms with van der Waals surface area (Å²) in [6.07, 6.45) is 6.83. The van der Waals surface area contributed by atoms with Gasteiger partial charge in [0, 0.05) is 45.5 Å². The molecule has 2 aliphatic rings. The second-order valence-electron chi connectivity index (χ2n) is 8.42. The van der Waals surface area contributed by atoms with Crippen molar-refractivity contribution in [1.29, 1.82) is 0 Å². The molecular formula is C24H34ClIN6. The number of halogens is 2. The van der Waals surface area contributed by atoms with Gasteiger partial charge in [-0.1, -0.05) is 42.3 Å². The number of anilines is 1. The SMILES string of the molecule is CN=C(NCc1ccccc1CN1CCCCC1)NC1CCN(c2ncccc2Cl)C1.I. The molecule has 174 valence electrons. The summed E-state index contributed by atoms with van der Waals surface area (Å²) in [5.41, 5.74) is 2.74. The van der Waals surface area contributed by atoms with Crippen LogP contribution in [0.4, 0.5) is 5.82 Å². The molecule has 2 aromatic rings. The lowest BCUT2D eigenvalue weighted by Crippen LogP contribution is -2.44. The molecule has 0 amide bonds. The molecule has 2 fully saturated rings. The van der Waals surface area contributed by atoms with E-state index in [9.17, 15) is 0 Å². The molecule has 1 atom stereocenters. The van der Waals surface area contributed by atoms with Crippen molar-refractivity contribution in [2.24, 2.45) is 4.99 Å². The molecule has 2 aliphatic heterocycles. The van der Waals surface area contributed by atoms with Crippen LogP contribution < -0.4 is 15.5 Å². The van der Waals surface area contributed by atoms with Crippen molar-refractivity contribution in [2.75, 3.05) is 38.1 Å². The van der Waals surface area contributed by atoms with Gasteiger partial charge < -0.3 is 15.5 Å². The number of aliphatic imine (C=N–C) groups is 1. The maximum Gasteiger partial charge on any atom is 0.191 e. The Morgan fingerprint density at radius 1 is 1.09 bits per heavy atom. The minimum absolute atomic E-state index is 0. The number of benzene rings is 1. The summed E-state index contributed by atoms with van der Waals surface area (Å²) in [7, 11) is 1.83. The van der Waals surface area contributed by atoms with Crippen LogP contribution >= 0.6 is 35.6 Å². The quantitative estimate of drug-likeness (QED) is 0.310. The normalized spacial score (nSPS) is 19.5. The van der Waals surface area contributed by atoms with Crippen LogP contribution in [0.3, 0.4) is 0 Å². The molecule has 2 N–H and O–H groups in total. The molecular weight excluding hydrogens is 535 g/mol. The van der Waals surface area contributed by atoms with Gasteiger partial charge in [-0.25, -0.2) is 4.98 Å². The Hall–Kier alpha value is -1.58. The number of rotatable bonds is 6. The number of aromatic nitrogens is 1. The van der Waals surface area contributed by atoms with Crippen molar-refractivity contribution in [3.05, 3.63) is 58.7 Å². The van der Waals surface area contributed by atoms with Crippen LogP contribution in [0.15, 0.2) is 47.6 Å². The molecule has 6 nitrogen and oxygen atoms in total. The molecule has 0 aliphatic carbocycles. The van der Waals surface area contributed by atoms with E-state index >= 15 is 0 Å². The third kappa shape index (κ3) is 6.71. The number of hydrogen-bond acceptors (Lipinski definition) is 4. The topological polar surface area (TPSA) is 55.8 Å². The van der Waals surface area contributed by atoms with Gasteiger partial charge in [0.1, 0.15) is 5.82 Å². The number of guanidine groups is 1. The first-order valence-electron chi connectivity index (χ1n) is 11.3. The molecule has 32 heavy (non-hydrogen) atoms. The van der Waals surface area contributed by atoms with Gasteiger partial charge in [0.15, 0.2) is 5.96 Å². The number of pyridine rings is 1. The molecule has 1 aromatic heterocycles. The Labute approximate surface area is 213 Å². The fraction of sp³-hybridized carbons (Fsp3) is 0.500. The van der Waals surface area contributed by atoms with Crippen LogP contribution in [0, 0.1) is 0 Å². The van der Waals surface area contributed by atoms with Crippen LogP contribution in [0.25, 0.3) is 0 Å². The van der Waals surface area contributed by atoms with Gasteiger partial charge in [0.25, 0.3) is 0 Å². The average molecular weight is 569 g/mol. The first-order chi connectivity index (χ1) is 15.2. The van der Waals surface area contributed by atoms with Crippen molar-refractivity contribution in [3.63, 3.8) is 0 Å². The van der Waals surface area contributed by atoms with Crippen LogP contribution in [0.1, 0.15) is 36.8 Å². The second kappa shape index (κ2) is 12.6. The standard InChI is InChI=1S/C24H33ClN6.HI/c1-26-24(29-21-11-15-31(18-21)23-22(25)10-7-12-27-23)28-16-19-8-3-4-9-20(19)17-30-13-5-2-6-14-30;/h3-4,7-10,12,21H,2,5-6,11,13-18H2,1H3,(H2,26,28,29);1H. The van der Waals surface area contributed by atoms with Gasteiger partial charge in [-0.15, -0.1) is 24.0 Å². The highest BCUT2D eigenvalue weighted by Crippen LogP contribution is 2.25. The summed E-state index contributed by atoms with van der Waals surface area (Å²) in [6.45, 7) is 6.03. The number of piperidine rings is 1. The predicted octanol–water partition coefficient (Wildman–Crippen LogP) is 4.28. The number of likely N-dealkylation sites (tertiary alicyclic amines) is 1. The maximum absolute atomic E-state index is 6.32. The third-order valence-electron chi connectivity index (χ3n) is 6.20. The van der Waals surface area contributed by atoms with E-state index in [0.717, 1.165) is 44.4 Å². The third-order valence-corrected chi connectivity index (χ3v) is 6.49. The second-order valence-corrected chi connectivity index (χ2v) is 8.82. The van der Waals surface area contributed by atoms with E-state index in [4.69, 9.17) is 11.6 Å². The molecule has 0 saturated carbocycles. The lowest BCUT2D eigenvalue weighted by Gasteiger charge is -2.27. The number of nitrogens with zero attached hydrogens (tertiary/aromatic N) is 4. The van der Waals surface area contributed by atoms with Gasteiger partial charge >= 0.3 is 0 Å². The lowest BCUT2D eigenvalue weighted by atomic mass is 10.0. The zero-order chi connectivity index (χ0) is 21.5. The minimum atomic E-state index is 0. The molecule has 8 heteroatoms. The maximum atomic E-state index is 6.32. The van der Waals surface area contributed by atoms with E-state index in [1.807, 2.05) is 19.2 Å². The van der Waals surface area contributed by atoms with Crippen LogP contribution in [0.2, 0.25) is 5.02 Å². The van der Waals surface area contributed by atoms with E-state index < -0.39 is 0 Å². The van der Waals surface area contributed by atoms with Crippen LogP contribution in [0.5, 0.6) is 0 Å². The monoisotopic (exact) mass is 568 g/mol. The van der Waals surface area contributed by atoms with E-state index in [1.165, 1.54) is 43.5 Å². The van der Waals surface area contributed by atoms with Gasteiger partial charge in [-0.2, -0.15) is 0 Å². The van der Waals surface area contributed by atoms with E-state index in [0.29, 0.717) is 11.1 Å². The Bertz CT molecular complexity index is 886. The van der Waals surface area contributed by atoms with E-state index in [2.05, 4.69) is 54.7 Å². The highest BCUT2D eigenvalue weighted by atomic mass is 127. The van der Waals surface area contributed by atoms with Crippen LogP contribution in [-0.2, 0) is 13.1 Å². The van der Waals surface area contributed by atoms with Crippen molar-refractivity contribution in [3.8, 4) is 0 Å². The summed E-state index contributed by atoms with van der Waals surface area (Å²) in [5, 5.41) is 7.79. The first kappa shape index (κ1) is 25.1. The Kier molecular flexibility index (Phi) is 9.87. The molecule has 2 saturated heterocycles. The fourth-order valence-corrected chi connectivity index (χ4v) is 4.73. The molecule has 4 rings (SSSR count). The van der Waals surface area contributed by atoms with E-state index in [1.54, 1.807) is 6.20 Å². The predicted molar refractivity (Wildman–Crippen MR) is 144 cm³/mol. The molecule has 0 spiro atoms. The number of hydrogen-bond donors (Lipinski definition) is 2. The molecule has 1 unspecified atom stereocenters. The largest absolute Gasteiger partial charge is 0.353 e. The van der Waals surface area contributed by atoms with Crippen molar-refractivity contribution < 1.29 is 0 Å². The van der Waals surface area contributed by atoms with Crippen LogP contribution in [-0.4, -0.2) is 55.1 Å². The fourth-order valence-electron chi connectivity index (χ4n) is 4.49. The highest BCUT2D eigenvalue weighted by molar-refractivity contribution is 14.0. The van der Waals surface area contributed by atoms with E-state index in [-0.39, 0.29) is 24.0 Å². The summed E-state index contributed by atoms with van der Waals surface area (Å²) in [5.74, 6) is 1.70. The van der Waals surface area contributed by atoms with Gasteiger partial charge in [0.2, 0.25) is 0 Å². The van der Waals surface area contributed by atoms with Crippen molar-refractivity contribution in [1.82, 2.24) is 20.5 Å². The molecule has 0 bridgehead atoms. The zero-order valence-electron chi connectivity index (χ0n) is 18.8. The minimum Gasteiger partial charge on any atom is -0.353 e. The summed E-state index contributed by atoms with van der Waals surface area (Å²) in [4.78, 5) is 13.7. The summed E-state index contributed by atoms with van der Waals surface area (Å²) in [6, 6.07) is 12.8. The highest BCUT2D eigenvalue weighted by Gasteiger charge is 2.25. The summed E-state index contributed by atoms with van der Waals surface area (Å²) >= 11 is 6.32. The molecule has 3 heterocycles. The Morgan fingerprint density at radius 2 is 1.88 bits per heavy atom. The molecule has 0 radical (unpaired) electrons. The lowest BCUT2D eigenvalue weighted by molar-refractivity contribution is 0.220. The zero-order valence-corrected chi connectivity index (χ0v) is 21.9. The Balaban J connectivity index is 0.00000289.